The molecule has 530 valence electrons. The van der Waals surface area contributed by atoms with E-state index in [1.807, 2.05) is 74.5 Å². The first-order valence-electron chi connectivity index (χ1n) is 33.5. The van der Waals surface area contributed by atoms with Crippen molar-refractivity contribution in [3.63, 3.8) is 0 Å². The number of benzene rings is 8. The second-order valence-electron chi connectivity index (χ2n) is 24.4. The van der Waals surface area contributed by atoms with Crippen molar-refractivity contribution in [2.75, 3.05) is 45.8 Å². The summed E-state index contributed by atoms with van der Waals surface area (Å²) in [5.74, 6) is -1.91. The monoisotopic (exact) mass is 1430 g/mol. The first-order valence-corrected chi connectivity index (χ1v) is 33.5. The highest BCUT2D eigenvalue weighted by molar-refractivity contribution is 6.33. The molecule has 0 atom stereocenters. The number of fused-ring (bicyclic) bond motifs is 6. The van der Waals surface area contributed by atoms with E-state index in [-0.39, 0.29) is 159 Å². The van der Waals surface area contributed by atoms with E-state index < -0.39 is 23.1 Å². The summed E-state index contributed by atoms with van der Waals surface area (Å²) in [6.07, 6.45) is 1.73. The normalized spacial score (nSPS) is 12.2. The van der Waals surface area contributed by atoms with Crippen LogP contribution in [0.4, 0.5) is 97.5 Å². The second-order valence-corrected chi connectivity index (χ2v) is 24.4. The smallest absolute Gasteiger partial charge is 0.233 e. The lowest BCUT2D eigenvalue weighted by atomic mass is 9.83. The fraction of sp³-hybridized carbons (Fsp3) is 0.111. The summed E-state index contributed by atoms with van der Waals surface area (Å²) >= 11 is 0. The van der Waals surface area contributed by atoms with E-state index in [4.69, 9.17) is 31.2 Å². The zero-order chi connectivity index (χ0) is 76.6. The number of phenols is 3. The van der Waals surface area contributed by atoms with E-state index in [2.05, 4.69) is 81.4 Å². The van der Waals surface area contributed by atoms with E-state index >= 15 is 0 Å². The maximum absolute atomic E-state index is 13.3. The van der Waals surface area contributed by atoms with Crippen molar-refractivity contribution in [1.82, 2.24) is 15.0 Å². The molecule has 11 aromatic rings. The number of nitrogens with two attached hydrogens (primary N) is 2. The lowest BCUT2D eigenvalue weighted by molar-refractivity contribution is 0.0977. The largest absolute Gasteiger partial charge is 0.507 e. The SMILES string of the molecule is [C-]#[N+]c1c(N)nc(Nc2ccccc2)c(N=Nc2cccc3c2C(=O)c2c(O)cccc2C3=O)c1C.[C-]#[N+]c1c(NCCC)nc(NCCC)c(N=Nc2cccc3c2C(=O)c2c(O)cccc2C3=O)c1C.[C-]#[N+]c1c(Nc2ccccc2)nc(N)c(N=Nc2cccc3c2C(=O)c2c(O)cccc2C3=O)c1C. The minimum atomic E-state index is -0.528. The number of azo groups is 3. The van der Waals surface area contributed by atoms with Crippen molar-refractivity contribution in [1.29, 1.82) is 0 Å². The molecule has 3 heterocycles. The van der Waals surface area contributed by atoms with Gasteiger partial charge in [-0.2, -0.15) is 0 Å². The standard InChI is InChI=1S/2C27H18N6O3.C27H26N6O3/c1-14-22(26(28)31-27(23(14)29-2)30-15-8-4-3-5-9-15)33-32-18-12-6-10-16-20(18)25(36)21-17(24(16)35)11-7-13-19(21)34;1-14-22(29-2)26(28)31-27(30-15-8-4-3-5-9-15)23(14)33-32-18-12-6-10-16-20(18)25(36)21-17(24(16)35)11-7-13-19(21)34;1-5-13-29-26-22(28-4)15(3)23(27(31-26)30-14-6-2)33-32-18-11-7-9-16-20(18)25(36)21-17(24(16)35)10-8-12-19(21)34/h2*3-13,34H,1H3,(H3,28,30,31);7-12,34H,5-6,13-14H2,1-3H3,(H2,29,30,31). The molecule has 0 saturated carbocycles. The van der Waals surface area contributed by atoms with Gasteiger partial charge in [0, 0.05) is 57.8 Å². The lowest BCUT2D eigenvalue weighted by Crippen LogP contribution is -2.21. The second kappa shape index (κ2) is 31.1. The molecule has 0 radical (unpaired) electrons. The Labute approximate surface area is 617 Å². The third-order valence-corrected chi connectivity index (χ3v) is 17.6. The Kier molecular flexibility index (Phi) is 20.9. The first kappa shape index (κ1) is 72.5. The number of ketones is 6. The van der Waals surface area contributed by atoms with Gasteiger partial charge in [-0.05, 0) is 111 Å². The van der Waals surface area contributed by atoms with Gasteiger partial charge in [-0.1, -0.05) is 123 Å². The number of aromatic nitrogens is 3. The van der Waals surface area contributed by atoms with Gasteiger partial charge in [-0.3, -0.25) is 28.8 Å². The third-order valence-electron chi connectivity index (χ3n) is 17.6. The molecule has 27 nitrogen and oxygen atoms in total. The maximum atomic E-state index is 13.3. The Morgan fingerprint density at radius 3 is 1.07 bits per heavy atom. The Morgan fingerprint density at radius 1 is 0.352 bits per heavy atom. The number of pyridine rings is 3. The van der Waals surface area contributed by atoms with Gasteiger partial charge in [0.1, 0.15) is 51.8 Å². The van der Waals surface area contributed by atoms with Crippen LogP contribution in [0.25, 0.3) is 14.5 Å². The predicted molar refractivity (Wildman–Crippen MR) is 408 cm³/mol. The fourth-order valence-electron chi connectivity index (χ4n) is 12.3. The van der Waals surface area contributed by atoms with Crippen LogP contribution in [-0.4, -0.2) is 78.1 Å². The molecular formula is C81H62N18O9. The number of hydrogen-bond donors (Lipinski definition) is 9. The quantitative estimate of drug-likeness (QED) is 0.0320. The van der Waals surface area contributed by atoms with Crippen LogP contribution in [0.15, 0.2) is 201 Å². The molecule has 108 heavy (non-hydrogen) atoms. The summed E-state index contributed by atoms with van der Waals surface area (Å²) < 4.78 is 0. The van der Waals surface area contributed by atoms with Crippen molar-refractivity contribution in [3.8, 4) is 17.2 Å². The highest BCUT2D eigenvalue weighted by Gasteiger charge is 2.37. The molecule has 0 spiro atoms. The molecular weight excluding hydrogens is 1370 g/mol. The van der Waals surface area contributed by atoms with Crippen LogP contribution in [0, 0.1) is 40.5 Å². The summed E-state index contributed by atoms with van der Waals surface area (Å²) in [4.78, 5) is 103. The Bertz CT molecular complexity index is 5840. The molecule has 8 aromatic carbocycles. The van der Waals surface area contributed by atoms with Crippen LogP contribution < -0.4 is 32.7 Å². The number of aromatic hydroxyl groups is 3. The van der Waals surface area contributed by atoms with Gasteiger partial charge in [0.15, 0.2) is 52.2 Å². The molecule has 0 aliphatic heterocycles. The van der Waals surface area contributed by atoms with Crippen molar-refractivity contribution >= 4 is 132 Å². The van der Waals surface area contributed by atoms with Crippen LogP contribution in [0.5, 0.6) is 17.2 Å². The highest BCUT2D eigenvalue weighted by atomic mass is 16.3. The van der Waals surface area contributed by atoms with Crippen molar-refractivity contribution in [2.45, 2.75) is 47.5 Å². The molecule has 27 heteroatoms. The fourth-order valence-corrected chi connectivity index (χ4v) is 12.3. The van der Waals surface area contributed by atoms with Gasteiger partial charge in [0.25, 0.3) is 0 Å². The molecule has 0 saturated heterocycles. The van der Waals surface area contributed by atoms with Crippen molar-refractivity contribution < 1.29 is 44.1 Å². The highest BCUT2D eigenvalue weighted by Crippen LogP contribution is 2.47. The number of hydrogen-bond acceptors (Lipinski definition) is 24. The summed E-state index contributed by atoms with van der Waals surface area (Å²) in [5, 5.41) is 69.3. The maximum Gasteiger partial charge on any atom is 0.233 e. The molecule has 11 N–H and O–H groups in total. The van der Waals surface area contributed by atoms with E-state index in [0.717, 1.165) is 24.2 Å². The number of nitrogens with one attached hydrogen (secondary N) is 4. The summed E-state index contributed by atoms with van der Waals surface area (Å²) in [6.45, 7) is 33.3. The zero-order valence-corrected chi connectivity index (χ0v) is 58.3. The number of phenolic OH excluding ortho intramolecular Hbond substituents is 3. The number of rotatable bonds is 16. The van der Waals surface area contributed by atoms with Gasteiger partial charge in [-0.25, -0.2) is 29.5 Å². The molecule has 3 aliphatic rings. The third kappa shape index (κ3) is 13.8. The summed E-state index contributed by atoms with van der Waals surface area (Å²) in [5.41, 5.74) is 18.1. The Morgan fingerprint density at radius 2 is 0.676 bits per heavy atom. The van der Waals surface area contributed by atoms with E-state index in [1.165, 1.54) is 66.7 Å². The molecule has 0 amide bonds. The molecule has 3 aromatic heterocycles. The molecule has 0 fully saturated rings. The Balaban J connectivity index is 0.000000151. The topological polar surface area (TPSA) is 389 Å². The Hall–Kier alpha value is -15.3. The van der Waals surface area contributed by atoms with Gasteiger partial charge >= 0.3 is 0 Å². The summed E-state index contributed by atoms with van der Waals surface area (Å²) in [6, 6.07) is 45.8. The number of para-hydroxylation sites is 2. The number of nitrogens with zero attached hydrogens (tertiary/aromatic N) is 12. The van der Waals surface area contributed by atoms with E-state index in [1.54, 1.807) is 63.2 Å². The minimum absolute atomic E-state index is 0.0391. The molecule has 14 rings (SSSR count). The molecule has 0 unspecified atom stereocenters. The number of carbonyl (C=O) groups excluding carboxylic acids is 6. The zero-order valence-electron chi connectivity index (χ0n) is 58.3. The summed E-state index contributed by atoms with van der Waals surface area (Å²) in [7, 11) is 0. The van der Waals surface area contributed by atoms with Crippen molar-refractivity contribution in [3.05, 3.63) is 288 Å². The van der Waals surface area contributed by atoms with Crippen LogP contribution in [0.3, 0.4) is 0 Å². The van der Waals surface area contributed by atoms with E-state index in [9.17, 15) is 44.1 Å². The van der Waals surface area contributed by atoms with Gasteiger partial charge in [0.05, 0.1) is 70.2 Å². The lowest BCUT2D eigenvalue weighted by Gasteiger charge is -2.19. The average Bonchev–Trinajstić information content (AvgIpc) is 0.755. The number of anilines is 8. The molecule has 0 bridgehead atoms. The van der Waals surface area contributed by atoms with Crippen LogP contribution in [-0.2, 0) is 0 Å². The first-order chi connectivity index (χ1) is 52.2. The number of nitrogen functional groups attached to an aromatic ring is 2. The van der Waals surface area contributed by atoms with Crippen molar-refractivity contribution in [2.24, 2.45) is 30.7 Å². The van der Waals surface area contributed by atoms with Crippen LogP contribution >= 0.6 is 0 Å². The van der Waals surface area contributed by atoms with E-state index in [0.29, 0.717) is 52.8 Å². The predicted octanol–water partition coefficient (Wildman–Crippen LogP) is 18.8. The number of carbonyl (C=O) groups is 6. The molecule has 3 aliphatic carbocycles. The average molecular weight is 1430 g/mol. The van der Waals surface area contributed by atoms with Crippen LogP contribution in [0.2, 0.25) is 0 Å². The van der Waals surface area contributed by atoms with Gasteiger partial charge < -0.3 is 48.1 Å². The van der Waals surface area contributed by atoms with Gasteiger partial charge in [-0.15, -0.1) is 30.7 Å². The minimum Gasteiger partial charge on any atom is -0.507 e. The van der Waals surface area contributed by atoms with Crippen LogP contribution in [0.1, 0.15) is 139 Å². The van der Waals surface area contributed by atoms with Gasteiger partial charge in [0.2, 0.25) is 17.1 Å².